The van der Waals surface area contributed by atoms with Crippen molar-refractivity contribution in [2.45, 2.75) is 29.9 Å². The summed E-state index contributed by atoms with van der Waals surface area (Å²) in [5.41, 5.74) is 5.66. The number of hydrogen-bond donors (Lipinski definition) is 3. The summed E-state index contributed by atoms with van der Waals surface area (Å²) in [5.74, 6) is -0.0783. The van der Waals surface area contributed by atoms with E-state index >= 15 is 0 Å². The molecule has 0 unspecified atom stereocenters. The van der Waals surface area contributed by atoms with Crippen LogP contribution in [0.1, 0.15) is 25.5 Å². The van der Waals surface area contributed by atoms with E-state index in [1.165, 1.54) is 11.8 Å². The van der Waals surface area contributed by atoms with E-state index in [0.29, 0.717) is 15.7 Å². The van der Waals surface area contributed by atoms with Gasteiger partial charge in [-0.1, -0.05) is 11.6 Å². The lowest BCUT2D eigenvalue weighted by molar-refractivity contribution is 0.534. The third-order valence-electron chi connectivity index (χ3n) is 2.63. The molecule has 0 saturated heterocycles. The zero-order valence-corrected chi connectivity index (χ0v) is 12.5. The summed E-state index contributed by atoms with van der Waals surface area (Å²) in [6, 6.07) is 5.18. The highest BCUT2D eigenvalue weighted by Crippen LogP contribution is 2.29. The van der Waals surface area contributed by atoms with Crippen molar-refractivity contribution in [1.82, 2.24) is 14.8 Å². The van der Waals surface area contributed by atoms with Crippen LogP contribution in [0.15, 0.2) is 33.0 Å². The number of benzene rings is 1. The number of hydrogen-bond acceptors (Lipinski definition) is 4. The molecule has 2 aromatic rings. The maximum Gasteiger partial charge on any atom is 0.344 e. The number of nitrogens with zero attached hydrogens (tertiary/aromatic N) is 2. The molecule has 106 valence electrons. The highest BCUT2D eigenvalue weighted by atomic mass is 35.5. The third kappa shape index (κ3) is 2.88. The van der Waals surface area contributed by atoms with Gasteiger partial charge in [-0.3, -0.25) is 9.98 Å². The van der Waals surface area contributed by atoms with Gasteiger partial charge in [-0.25, -0.2) is 9.89 Å². The molecule has 1 heterocycles. The zero-order chi connectivity index (χ0) is 14.9. The molecule has 0 aliphatic rings. The summed E-state index contributed by atoms with van der Waals surface area (Å²) >= 11 is 7.39. The number of amidine groups is 1. The summed E-state index contributed by atoms with van der Waals surface area (Å²) in [7, 11) is 0. The van der Waals surface area contributed by atoms with Gasteiger partial charge in [-0.15, -0.1) is 5.10 Å². The van der Waals surface area contributed by atoms with E-state index in [9.17, 15) is 4.79 Å². The molecule has 8 heteroatoms. The van der Waals surface area contributed by atoms with Crippen molar-refractivity contribution >= 4 is 29.2 Å². The zero-order valence-electron chi connectivity index (χ0n) is 11.0. The van der Waals surface area contributed by atoms with Gasteiger partial charge in [0.05, 0.1) is 5.02 Å². The number of nitrogens with two attached hydrogens (primary N) is 1. The van der Waals surface area contributed by atoms with Crippen LogP contribution in [0, 0.1) is 5.41 Å². The molecular weight excluding hydrogens is 298 g/mol. The predicted molar refractivity (Wildman–Crippen MR) is 79.8 cm³/mol. The number of halogens is 1. The molecule has 0 saturated carbocycles. The van der Waals surface area contributed by atoms with E-state index in [1.807, 2.05) is 13.8 Å². The van der Waals surface area contributed by atoms with Crippen LogP contribution in [-0.4, -0.2) is 20.6 Å². The molecule has 20 heavy (non-hydrogen) atoms. The molecule has 4 N–H and O–H groups in total. The van der Waals surface area contributed by atoms with E-state index in [1.54, 1.807) is 22.8 Å². The Bertz CT molecular complexity index is 706. The van der Waals surface area contributed by atoms with Crippen LogP contribution in [0.5, 0.6) is 0 Å². The van der Waals surface area contributed by atoms with Gasteiger partial charge < -0.3 is 5.73 Å². The molecule has 0 spiro atoms. The van der Waals surface area contributed by atoms with Crippen molar-refractivity contribution in [3.63, 3.8) is 0 Å². The standard InChI is InChI=1S/C12H14ClN5OS/c1-6(2)18-11(19)16-17-12(18)20-7-3-4-8(10(14)15)9(13)5-7/h3-6H,1-2H3,(H3,14,15)(H,16,19). The highest BCUT2D eigenvalue weighted by Gasteiger charge is 2.13. The SMILES string of the molecule is CC(C)n1c(Sc2ccc(C(=N)N)c(Cl)c2)n[nH]c1=O. The average Bonchev–Trinajstić information content (AvgIpc) is 2.70. The molecule has 2 rings (SSSR count). The van der Waals surface area contributed by atoms with E-state index in [0.717, 1.165) is 4.90 Å². The largest absolute Gasteiger partial charge is 0.384 e. The summed E-state index contributed by atoms with van der Waals surface area (Å²) in [6.07, 6.45) is 0. The number of H-pyrrole nitrogens is 1. The number of rotatable bonds is 4. The summed E-state index contributed by atoms with van der Waals surface area (Å²) in [6.45, 7) is 3.82. The Morgan fingerprint density at radius 1 is 1.55 bits per heavy atom. The van der Waals surface area contributed by atoms with Crippen molar-refractivity contribution in [3.05, 3.63) is 39.3 Å². The Hall–Kier alpha value is -1.73. The van der Waals surface area contributed by atoms with Gasteiger partial charge >= 0.3 is 5.69 Å². The fourth-order valence-electron chi connectivity index (χ4n) is 1.70. The minimum Gasteiger partial charge on any atom is -0.384 e. The van der Waals surface area contributed by atoms with E-state index in [4.69, 9.17) is 22.7 Å². The molecule has 6 nitrogen and oxygen atoms in total. The Morgan fingerprint density at radius 2 is 2.25 bits per heavy atom. The Morgan fingerprint density at radius 3 is 2.80 bits per heavy atom. The molecule has 1 aromatic heterocycles. The smallest absolute Gasteiger partial charge is 0.344 e. The van der Waals surface area contributed by atoms with Crippen LogP contribution in [0.25, 0.3) is 0 Å². The molecule has 1 aromatic carbocycles. The fourth-order valence-corrected chi connectivity index (χ4v) is 3.05. The fraction of sp³-hybridized carbons (Fsp3) is 0.250. The van der Waals surface area contributed by atoms with Crippen LogP contribution in [-0.2, 0) is 0 Å². The van der Waals surface area contributed by atoms with Gasteiger partial charge in [0.15, 0.2) is 5.16 Å². The summed E-state index contributed by atoms with van der Waals surface area (Å²) in [4.78, 5) is 12.5. The minimum atomic E-state index is -0.242. The summed E-state index contributed by atoms with van der Waals surface area (Å²) < 4.78 is 1.57. The average molecular weight is 312 g/mol. The first kappa shape index (κ1) is 14.7. The minimum absolute atomic E-state index is 0.00992. The van der Waals surface area contributed by atoms with Gasteiger partial charge in [0, 0.05) is 16.5 Å². The van der Waals surface area contributed by atoms with Crippen LogP contribution in [0.4, 0.5) is 0 Å². The van der Waals surface area contributed by atoms with E-state index in [-0.39, 0.29) is 17.6 Å². The Labute approximate surface area is 124 Å². The van der Waals surface area contributed by atoms with Crippen LogP contribution >= 0.6 is 23.4 Å². The van der Waals surface area contributed by atoms with Crippen molar-refractivity contribution in [2.24, 2.45) is 5.73 Å². The number of aromatic amines is 1. The first-order valence-corrected chi connectivity index (χ1v) is 7.08. The van der Waals surface area contributed by atoms with E-state index < -0.39 is 0 Å². The highest BCUT2D eigenvalue weighted by molar-refractivity contribution is 7.99. The second kappa shape index (κ2) is 5.72. The third-order valence-corrected chi connectivity index (χ3v) is 3.90. The molecule has 0 aliphatic heterocycles. The molecule has 0 aliphatic carbocycles. The maximum absolute atomic E-state index is 11.6. The second-order valence-corrected chi connectivity index (χ2v) is 5.88. The van der Waals surface area contributed by atoms with Gasteiger partial charge in [0.1, 0.15) is 5.84 Å². The molecule has 0 radical (unpaired) electrons. The van der Waals surface area contributed by atoms with Gasteiger partial charge in [-0.2, -0.15) is 0 Å². The quantitative estimate of drug-likeness (QED) is 0.595. The topological polar surface area (TPSA) is 101 Å². The number of nitrogen functional groups attached to an aromatic ring is 1. The summed E-state index contributed by atoms with van der Waals surface area (Å²) in [5, 5.41) is 14.8. The van der Waals surface area contributed by atoms with Gasteiger partial charge in [0.2, 0.25) is 0 Å². The lowest BCUT2D eigenvalue weighted by Crippen LogP contribution is -2.19. The van der Waals surface area contributed by atoms with E-state index in [2.05, 4.69) is 10.2 Å². The van der Waals surface area contributed by atoms with Crippen molar-refractivity contribution in [3.8, 4) is 0 Å². The van der Waals surface area contributed by atoms with Gasteiger partial charge in [-0.05, 0) is 43.8 Å². The van der Waals surface area contributed by atoms with Crippen LogP contribution < -0.4 is 11.4 Å². The first-order chi connectivity index (χ1) is 9.40. The number of aromatic nitrogens is 3. The Balaban J connectivity index is 2.34. The lowest BCUT2D eigenvalue weighted by Gasteiger charge is -2.09. The van der Waals surface area contributed by atoms with Crippen LogP contribution in [0.2, 0.25) is 5.02 Å². The van der Waals surface area contributed by atoms with Crippen molar-refractivity contribution < 1.29 is 0 Å². The van der Waals surface area contributed by atoms with Gasteiger partial charge in [0.25, 0.3) is 0 Å². The first-order valence-electron chi connectivity index (χ1n) is 5.89. The predicted octanol–water partition coefficient (Wildman–Crippen LogP) is 2.24. The second-order valence-electron chi connectivity index (χ2n) is 4.43. The molecule has 0 fully saturated rings. The molecule has 0 bridgehead atoms. The molecule has 0 atom stereocenters. The lowest BCUT2D eigenvalue weighted by atomic mass is 10.2. The Kier molecular flexibility index (Phi) is 4.20. The number of nitrogens with one attached hydrogen (secondary N) is 2. The maximum atomic E-state index is 11.6. The molecule has 0 amide bonds. The van der Waals surface area contributed by atoms with Crippen LogP contribution in [0.3, 0.4) is 0 Å². The van der Waals surface area contributed by atoms with Crippen molar-refractivity contribution in [1.29, 1.82) is 5.41 Å². The van der Waals surface area contributed by atoms with Crippen molar-refractivity contribution in [2.75, 3.05) is 0 Å². The normalized spacial score (nSPS) is 11.0. The monoisotopic (exact) mass is 311 g/mol. The molecular formula is C12H14ClN5OS.